The number of esters is 1. The fourth-order valence-corrected chi connectivity index (χ4v) is 4.36. The molecule has 10 heteroatoms. The lowest BCUT2D eigenvalue weighted by Gasteiger charge is -2.12. The molecule has 0 aliphatic carbocycles. The number of rotatable bonds is 7. The average Bonchev–Trinajstić information content (AvgIpc) is 3.45. The van der Waals surface area contributed by atoms with E-state index in [-0.39, 0.29) is 45.8 Å². The van der Waals surface area contributed by atoms with E-state index < -0.39 is 23.6 Å². The molecule has 212 valence electrons. The van der Waals surface area contributed by atoms with E-state index in [1.54, 1.807) is 19.1 Å². The minimum atomic E-state index is -4.62. The fraction of sp³-hybridized carbons (Fsp3) is 0.0938. The summed E-state index contributed by atoms with van der Waals surface area (Å²) in [6, 6.07) is 25.7. The summed E-state index contributed by atoms with van der Waals surface area (Å²) in [5.41, 5.74) is 1.30. The summed E-state index contributed by atoms with van der Waals surface area (Å²) in [7, 11) is 0. The molecule has 0 fully saturated rings. The van der Waals surface area contributed by atoms with Crippen LogP contribution in [0.3, 0.4) is 0 Å². The summed E-state index contributed by atoms with van der Waals surface area (Å²) >= 11 is 6.22. The minimum absolute atomic E-state index is 0.00152. The van der Waals surface area contributed by atoms with Gasteiger partial charge < -0.3 is 14.5 Å². The van der Waals surface area contributed by atoms with Crippen molar-refractivity contribution in [2.75, 3.05) is 5.32 Å². The zero-order valence-electron chi connectivity index (χ0n) is 22.0. The molecule has 0 aliphatic heterocycles. The molecule has 0 saturated carbocycles. The van der Waals surface area contributed by atoms with Crippen LogP contribution in [-0.2, 0) is 11.0 Å². The first-order chi connectivity index (χ1) is 20.1. The molecule has 0 unspecified atom stereocenters. The first-order valence-electron chi connectivity index (χ1n) is 12.8. The molecule has 5 aromatic rings. The average molecular weight is 591 g/mol. The van der Waals surface area contributed by atoms with E-state index in [4.69, 9.17) is 20.8 Å². The number of alkyl halides is 3. The Morgan fingerprint density at radius 2 is 1.50 bits per heavy atom. The van der Waals surface area contributed by atoms with Gasteiger partial charge in [-0.2, -0.15) is 13.2 Å². The lowest BCUT2D eigenvalue weighted by Crippen LogP contribution is -2.16. The highest BCUT2D eigenvalue weighted by atomic mass is 35.5. The number of amides is 1. The van der Waals surface area contributed by atoms with Gasteiger partial charge in [-0.1, -0.05) is 79.2 Å². The molecule has 1 N–H and O–H groups in total. The molecule has 0 bridgehead atoms. The van der Waals surface area contributed by atoms with Crippen LogP contribution in [0, 0.1) is 0 Å². The molecule has 42 heavy (non-hydrogen) atoms. The molecule has 0 saturated heterocycles. The van der Waals surface area contributed by atoms with Gasteiger partial charge in [-0.3, -0.25) is 9.59 Å². The highest BCUT2D eigenvalue weighted by Gasteiger charge is 2.32. The van der Waals surface area contributed by atoms with Crippen LogP contribution in [0.5, 0.6) is 5.75 Å². The Kier molecular flexibility index (Phi) is 8.13. The Morgan fingerprint density at radius 1 is 0.857 bits per heavy atom. The van der Waals surface area contributed by atoms with Crippen LogP contribution in [0.25, 0.3) is 33.9 Å². The van der Waals surface area contributed by atoms with Crippen molar-refractivity contribution >= 4 is 29.2 Å². The topological polar surface area (TPSA) is 81.4 Å². The number of aromatic nitrogens is 1. The highest BCUT2D eigenvalue weighted by Crippen LogP contribution is 2.37. The predicted molar refractivity (Wildman–Crippen MR) is 153 cm³/mol. The number of nitrogens with one attached hydrogen (secondary N) is 1. The third-order valence-electron chi connectivity index (χ3n) is 6.25. The maximum absolute atomic E-state index is 13.6. The molecule has 0 atom stereocenters. The Hall–Kier alpha value is -4.89. The van der Waals surface area contributed by atoms with E-state index in [9.17, 15) is 22.8 Å². The number of hydrogen-bond acceptors (Lipinski definition) is 5. The second-order valence-corrected chi connectivity index (χ2v) is 9.52. The standard InChI is InChI=1S/C32H22ClF3N2O4/c1-2-26(39)41-29-24(33)12-7-13-25(29)37-30(40)27-28(22-10-6-11-23(18-22)32(34,35)36)42-31(38-27)21-16-14-20(15-17-21)19-8-4-3-5-9-19/h3-18H,2H2,1H3,(H,37,40). The minimum Gasteiger partial charge on any atom is -0.435 e. The number of ether oxygens (including phenoxy) is 1. The number of nitrogens with zero attached hydrogens (tertiary/aromatic N) is 1. The van der Waals surface area contributed by atoms with Crippen LogP contribution in [0.15, 0.2) is 101 Å². The van der Waals surface area contributed by atoms with Gasteiger partial charge in [0.05, 0.1) is 16.3 Å². The summed E-state index contributed by atoms with van der Waals surface area (Å²) in [5, 5.41) is 2.68. The summed E-state index contributed by atoms with van der Waals surface area (Å²) < 4.78 is 51.8. The zero-order valence-corrected chi connectivity index (χ0v) is 22.8. The van der Waals surface area contributed by atoms with Gasteiger partial charge in [-0.05, 0) is 47.5 Å². The van der Waals surface area contributed by atoms with Gasteiger partial charge in [-0.15, -0.1) is 0 Å². The molecule has 0 spiro atoms. The maximum atomic E-state index is 13.6. The van der Waals surface area contributed by atoms with Crippen LogP contribution in [0.1, 0.15) is 29.4 Å². The van der Waals surface area contributed by atoms with Gasteiger partial charge in [0.1, 0.15) is 0 Å². The highest BCUT2D eigenvalue weighted by molar-refractivity contribution is 6.32. The second kappa shape index (κ2) is 11.9. The van der Waals surface area contributed by atoms with Crippen molar-refractivity contribution in [2.45, 2.75) is 19.5 Å². The zero-order chi connectivity index (χ0) is 29.9. The third-order valence-corrected chi connectivity index (χ3v) is 6.55. The van der Waals surface area contributed by atoms with Crippen molar-refractivity contribution in [2.24, 2.45) is 0 Å². The van der Waals surface area contributed by atoms with E-state index in [0.29, 0.717) is 5.56 Å². The molecule has 1 amide bonds. The SMILES string of the molecule is CCC(=O)Oc1c(Cl)cccc1NC(=O)c1nc(-c2ccc(-c3ccccc3)cc2)oc1-c1cccc(C(F)(F)F)c1. The van der Waals surface area contributed by atoms with E-state index in [0.717, 1.165) is 23.3 Å². The molecular formula is C32H22ClF3N2O4. The number of carbonyl (C=O) groups excluding carboxylic acids is 2. The molecule has 1 aromatic heterocycles. The Morgan fingerprint density at radius 3 is 2.19 bits per heavy atom. The van der Waals surface area contributed by atoms with Crippen LogP contribution in [0.4, 0.5) is 18.9 Å². The van der Waals surface area contributed by atoms with E-state index in [2.05, 4.69) is 10.3 Å². The van der Waals surface area contributed by atoms with Gasteiger partial charge >= 0.3 is 12.1 Å². The van der Waals surface area contributed by atoms with Crippen molar-refractivity contribution in [3.63, 3.8) is 0 Å². The van der Waals surface area contributed by atoms with Crippen molar-refractivity contribution in [1.29, 1.82) is 0 Å². The number of oxazole rings is 1. The molecule has 6 nitrogen and oxygen atoms in total. The monoisotopic (exact) mass is 590 g/mol. The van der Waals surface area contributed by atoms with Gasteiger partial charge in [0, 0.05) is 17.5 Å². The van der Waals surface area contributed by atoms with Crippen molar-refractivity contribution in [3.05, 3.63) is 113 Å². The summed E-state index contributed by atoms with van der Waals surface area (Å²) in [6.45, 7) is 1.60. The van der Waals surface area contributed by atoms with Crippen molar-refractivity contribution in [3.8, 4) is 39.7 Å². The number of hydrogen-bond donors (Lipinski definition) is 1. The predicted octanol–water partition coefficient (Wildman–Crippen LogP) is 8.92. The molecule has 4 aromatic carbocycles. The van der Waals surface area contributed by atoms with Crippen molar-refractivity contribution in [1.82, 2.24) is 4.98 Å². The molecule has 5 rings (SSSR count). The Labute approximate surface area is 243 Å². The Bertz CT molecular complexity index is 1750. The maximum Gasteiger partial charge on any atom is 0.416 e. The smallest absolute Gasteiger partial charge is 0.416 e. The number of halogens is 4. The first kappa shape index (κ1) is 28.6. The quantitative estimate of drug-likeness (QED) is 0.151. The lowest BCUT2D eigenvalue weighted by atomic mass is 10.0. The van der Waals surface area contributed by atoms with Gasteiger partial charge in [-0.25, -0.2) is 4.98 Å². The van der Waals surface area contributed by atoms with Crippen LogP contribution in [-0.4, -0.2) is 16.9 Å². The summed E-state index contributed by atoms with van der Waals surface area (Å²) in [4.78, 5) is 29.9. The molecular weight excluding hydrogens is 569 g/mol. The number of benzene rings is 4. The van der Waals surface area contributed by atoms with Crippen LogP contribution < -0.4 is 10.1 Å². The van der Waals surface area contributed by atoms with E-state index >= 15 is 0 Å². The molecule has 0 radical (unpaired) electrons. The lowest BCUT2D eigenvalue weighted by molar-refractivity contribution is -0.137. The second-order valence-electron chi connectivity index (χ2n) is 9.12. The Balaban J connectivity index is 1.56. The first-order valence-corrected chi connectivity index (χ1v) is 13.2. The van der Waals surface area contributed by atoms with Crippen LogP contribution in [0.2, 0.25) is 5.02 Å². The van der Waals surface area contributed by atoms with E-state index in [1.165, 1.54) is 30.3 Å². The molecule has 1 heterocycles. The van der Waals surface area contributed by atoms with Gasteiger partial charge in [0.15, 0.2) is 17.2 Å². The van der Waals surface area contributed by atoms with Crippen LogP contribution >= 0.6 is 11.6 Å². The number of para-hydroxylation sites is 1. The summed E-state index contributed by atoms with van der Waals surface area (Å²) in [5.74, 6) is -1.61. The van der Waals surface area contributed by atoms with Crippen molar-refractivity contribution < 1.29 is 31.9 Å². The largest absolute Gasteiger partial charge is 0.435 e. The number of anilines is 1. The molecule has 0 aliphatic rings. The van der Waals surface area contributed by atoms with Gasteiger partial charge in [0.25, 0.3) is 5.91 Å². The third kappa shape index (κ3) is 6.21. The van der Waals surface area contributed by atoms with E-state index in [1.807, 2.05) is 42.5 Å². The fourth-order valence-electron chi connectivity index (χ4n) is 4.14. The normalized spacial score (nSPS) is 11.3. The summed E-state index contributed by atoms with van der Waals surface area (Å²) in [6.07, 6.45) is -4.55. The van der Waals surface area contributed by atoms with Gasteiger partial charge in [0.2, 0.25) is 5.89 Å². The number of carbonyl (C=O) groups is 2.